The number of hydrogen-bond acceptors (Lipinski definition) is 5. The van der Waals surface area contributed by atoms with Crippen LogP contribution in [0.2, 0.25) is 5.02 Å². The van der Waals surface area contributed by atoms with Gasteiger partial charge in [0.05, 0.1) is 9.92 Å². The number of anilines is 1. The molecule has 9 heteroatoms. The Hall–Kier alpha value is -2.16. The molecular weight excluding hydrogens is 424 g/mol. The minimum atomic E-state index is -3.50. The van der Waals surface area contributed by atoms with Gasteiger partial charge in [0.15, 0.2) is 0 Å². The number of nitrogens with zero attached hydrogens (tertiary/aromatic N) is 4. The lowest BCUT2D eigenvalue weighted by molar-refractivity contribution is -0.137. The van der Waals surface area contributed by atoms with E-state index in [4.69, 9.17) is 11.6 Å². The predicted molar refractivity (Wildman–Crippen MR) is 116 cm³/mol. The highest BCUT2D eigenvalue weighted by atomic mass is 35.5. The van der Waals surface area contributed by atoms with E-state index < -0.39 is 10.0 Å². The van der Waals surface area contributed by atoms with Crippen molar-refractivity contribution in [1.82, 2.24) is 14.2 Å². The van der Waals surface area contributed by atoms with Gasteiger partial charge in [0.2, 0.25) is 15.9 Å². The van der Waals surface area contributed by atoms with E-state index in [1.165, 1.54) is 4.31 Å². The van der Waals surface area contributed by atoms with Gasteiger partial charge in [-0.2, -0.15) is 4.31 Å². The largest absolute Gasteiger partial charge is 0.357 e. The SMILES string of the molecule is O=C(C1CCN(c2ccc(Cl)cn2)CC1)N1CCN(S(=O)(=O)c2ccccc2)CC1. The van der Waals surface area contributed by atoms with Crippen molar-refractivity contribution in [1.29, 1.82) is 0 Å². The fourth-order valence-electron chi connectivity index (χ4n) is 4.06. The second-order valence-corrected chi connectivity index (χ2v) is 10.0. The van der Waals surface area contributed by atoms with Gasteiger partial charge in [-0.15, -0.1) is 0 Å². The van der Waals surface area contributed by atoms with Crippen LogP contribution < -0.4 is 4.90 Å². The number of sulfonamides is 1. The Bertz CT molecular complexity index is 969. The van der Waals surface area contributed by atoms with Gasteiger partial charge < -0.3 is 9.80 Å². The molecule has 30 heavy (non-hydrogen) atoms. The fraction of sp³-hybridized carbons (Fsp3) is 0.429. The molecule has 0 N–H and O–H groups in total. The molecule has 1 aromatic heterocycles. The maximum atomic E-state index is 13.0. The molecule has 1 amide bonds. The Morgan fingerprint density at radius 2 is 1.60 bits per heavy atom. The number of piperidine rings is 1. The zero-order valence-corrected chi connectivity index (χ0v) is 18.2. The Morgan fingerprint density at radius 3 is 2.20 bits per heavy atom. The van der Waals surface area contributed by atoms with E-state index in [0.717, 1.165) is 31.7 Å². The number of aromatic nitrogens is 1. The number of rotatable bonds is 4. The highest BCUT2D eigenvalue weighted by molar-refractivity contribution is 7.89. The summed E-state index contributed by atoms with van der Waals surface area (Å²) < 4.78 is 27.0. The minimum absolute atomic E-state index is 0.0224. The predicted octanol–water partition coefficient (Wildman–Crippen LogP) is 2.48. The molecule has 2 saturated heterocycles. The second-order valence-electron chi connectivity index (χ2n) is 7.64. The first-order valence-corrected chi connectivity index (χ1v) is 12.0. The highest BCUT2D eigenvalue weighted by Gasteiger charge is 2.33. The topological polar surface area (TPSA) is 73.8 Å². The molecule has 3 heterocycles. The lowest BCUT2D eigenvalue weighted by Crippen LogP contribution is -2.52. The molecule has 1 aromatic carbocycles. The summed E-state index contributed by atoms with van der Waals surface area (Å²) in [5.41, 5.74) is 0. The normalized spacial score (nSPS) is 19.1. The molecule has 0 spiro atoms. The molecule has 4 rings (SSSR count). The van der Waals surface area contributed by atoms with Crippen LogP contribution in [0.25, 0.3) is 0 Å². The molecule has 0 unspecified atom stereocenters. The number of amides is 1. The third-order valence-electron chi connectivity index (χ3n) is 5.81. The van der Waals surface area contributed by atoms with Gasteiger partial charge in [0, 0.05) is 51.4 Å². The van der Waals surface area contributed by atoms with Gasteiger partial charge in [-0.05, 0) is 37.1 Å². The van der Waals surface area contributed by atoms with Gasteiger partial charge in [-0.1, -0.05) is 29.8 Å². The van der Waals surface area contributed by atoms with Gasteiger partial charge in [0.1, 0.15) is 5.82 Å². The molecule has 7 nitrogen and oxygen atoms in total. The molecule has 0 saturated carbocycles. The van der Waals surface area contributed by atoms with Crippen LogP contribution >= 0.6 is 11.6 Å². The van der Waals surface area contributed by atoms with Gasteiger partial charge in [0.25, 0.3) is 0 Å². The van der Waals surface area contributed by atoms with E-state index in [2.05, 4.69) is 9.88 Å². The number of piperazine rings is 1. The summed E-state index contributed by atoms with van der Waals surface area (Å²) in [7, 11) is -3.50. The Balaban J connectivity index is 1.30. The van der Waals surface area contributed by atoms with Crippen molar-refractivity contribution in [3.8, 4) is 0 Å². The van der Waals surface area contributed by atoms with Crippen LogP contribution in [0.4, 0.5) is 5.82 Å². The van der Waals surface area contributed by atoms with Crippen LogP contribution in [0.15, 0.2) is 53.6 Å². The number of benzene rings is 1. The van der Waals surface area contributed by atoms with E-state index >= 15 is 0 Å². The van der Waals surface area contributed by atoms with E-state index in [1.807, 2.05) is 17.0 Å². The van der Waals surface area contributed by atoms with E-state index in [-0.39, 0.29) is 11.8 Å². The molecular formula is C21H25ClN4O3S. The highest BCUT2D eigenvalue weighted by Crippen LogP contribution is 2.25. The number of pyridine rings is 1. The molecule has 2 aliphatic rings. The quantitative estimate of drug-likeness (QED) is 0.718. The molecule has 0 bridgehead atoms. The molecule has 2 fully saturated rings. The second kappa shape index (κ2) is 8.91. The Labute approximate surface area is 182 Å². The number of carbonyl (C=O) groups is 1. The zero-order valence-electron chi connectivity index (χ0n) is 16.7. The molecule has 0 radical (unpaired) electrons. The van der Waals surface area contributed by atoms with Crippen molar-refractivity contribution in [2.45, 2.75) is 17.7 Å². The summed E-state index contributed by atoms with van der Waals surface area (Å²) in [4.78, 5) is 21.6. The Kier molecular flexibility index (Phi) is 6.26. The monoisotopic (exact) mass is 448 g/mol. The van der Waals surface area contributed by atoms with Crippen LogP contribution in [-0.2, 0) is 14.8 Å². The third kappa shape index (κ3) is 4.45. The number of hydrogen-bond donors (Lipinski definition) is 0. The average Bonchev–Trinajstić information content (AvgIpc) is 2.80. The molecule has 2 aliphatic heterocycles. The van der Waals surface area contributed by atoms with Crippen molar-refractivity contribution in [3.63, 3.8) is 0 Å². The van der Waals surface area contributed by atoms with Crippen LogP contribution in [0.5, 0.6) is 0 Å². The minimum Gasteiger partial charge on any atom is -0.357 e. The maximum absolute atomic E-state index is 13.0. The Morgan fingerprint density at radius 1 is 0.933 bits per heavy atom. The van der Waals surface area contributed by atoms with Crippen molar-refractivity contribution >= 4 is 33.3 Å². The summed E-state index contributed by atoms with van der Waals surface area (Å²) in [6, 6.07) is 12.2. The van der Waals surface area contributed by atoms with Crippen LogP contribution in [0.1, 0.15) is 12.8 Å². The maximum Gasteiger partial charge on any atom is 0.243 e. The fourth-order valence-corrected chi connectivity index (χ4v) is 5.61. The van der Waals surface area contributed by atoms with Crippen LogP contribution in [0.3, 0.4) is 0 Å². The van der Waals surface area contributed by atoms with Gasteiger partial charge in [-0.3, -0.25) is 4.79 Å². The summed E-state index contributed by atoms with van der Waals surface area (Å²) >= 11 is 5.90. The lowest BCUT2D eigenvalue weighted by Gasteiger charge is -2.38. The number of carbonyl (C=O) groups excluding carboxylic acids is 1. The number of halogens is 1. The molecule has 0 atom stereocenters. The average molecular weight is 449 g/mol. The van der Waals surface area contributed by atoms with E-state index in [9.17, 15) is 13.2 Å². The summed E-state index contributed by atoms with van der Waals surface area (Å²) in [6.45, 7) is 3.07. The molecule has 2 aromatic rings. The first-order valence-electron chi connectivity index (χ1n) is 10.2. The molecule has 0 aliphatic carbocycles. The zero-order chi connectivity index (χ0) is 21.1. The third-order valence-corrected chi connectivity index (χ3v) is 7.95. The summed E-state index contributed by atoms with van der Waals surface area (Å²) in [5, 5.41) is 0.609. The smallest absolute Gasteiger partial charge is 0.243 e. The lowest BCUT2D eigenvalue weighted by atomic mass is 9.95. The van der Waals surface area contributed by atoms with Crippen LogP contribution in [0, 0.1) is 5.92 Å². The van der Waals surface area contributed by atoms with Gasteiger partial charge in [-0.25, -0.2) is 13.4 Å². The summed E-state index contributed by atoms with van der Waals surface area (Å²) in [6.07, 6.45) is 3.18. The van der Waals surface area contributed by atoms with Crippen molar-refractivity contribution in [2.75, 3.05) is 44.2 Å². The van der Waals surface area contributed by atoms with E-state index in [0.29, 0.717) is 36.1 Å². The van der Waals surface area contributed by atoms with E-state index in [1.54, 1.807) is 36.5 Å². The first kappa shape index (κ1) is 21.1. The van der Waals surface area contributed by atoms with Gasteiger partial charge >= 0.3 is 0 Å². The van der Waals surface area contributed by atoms with Crippen molar-refractivity contribution in [3.05, 3.63) is 53.7 Å². The van der Waals surface area contributed by atoms with Crippen molar-refractivity contribution in [2.24, 2.45) is 5.92 Å². The molecule has 160 valence electrons. The van der Waals surface area contributed by atoms with Crippen LogP contribution in [-0.4, -0.2) is 67.8 Å². The van der Waals surface area contributed by atoms with Crippen molar-refractivity contribution < 1.29 is 13.2 Å². The first-order chi connectivity index (χ1) is 14.4. The standard InChI is InChI=1S/C21H25ClN4O3S/c22-18-6-7-20(23-16-18)24-10-8-17(9-11-24)21(27)25-12-14-26(15-13-25)30(28,29)19-4-2-1-3-5-19/h1-7,16-17H,8-15H2. The summed E-state index contributed by atoms with van der Waals surface area (Å²) in [5.74, 6) is 0.992.